The molecule has 0 saturated carbocycles. The van der Waals surface area contributed by atoms with Crippen LogP contribution in [-0.4, -0.2) is 102 Å². The first-order chi connectivity index (χ1) is 15.8. The van der Waals surface area contributed by atoms with E-state index in [1.807, 2.05) is 0 Å². The van der Waals surface area contributed by atoms with Crippen molar-refractivity contribution in [2.75, 3.05) is 11.5 Å². The third-order valence-corrected chi connectivity index (χ3v) is 8.29. The summed E-state index contributed by atoms with van der Waals surface area (Å²) in [6, 6.07) is 0. The van der Waals surface area contributed by atoms with Crippen LogP contribution in [0.15, 0.2) is 0 Å². The lowest BCUT2D eigenvalue weighted by Gasteiger charge is -2.14. The number of nitrogens with zero attached hydrogens (tertiary/aromatic N) is 2. The molecular formula is C14H16N2O16S3. The maximum Gasteiger partial charge on any atom is 0.334 e. The summed E-state index contributed by atoms with van der Waals surface area (Å²) in [5.41, 5.74) is 0. The lowest BCUT2D eigenvalue weighted by molar-refractivity contribution is -0.197. The second-order valence-electron chi connectivity index (χ2n) is 7.05. The van der Waals surface area contributed by atoms with Crippen LogP contribution in [0.5, 0.6) is 0 Å². The summed E-state index contributed by atoms with van der Waals surface area (Å²) in [5.74, 6) is -10.5. The molecule has 0 radical (unpaired) electrons. The van der Waals surface area contributed by atoms with Crippen LogP contribution in [-0.2, 0) is 68.5 Å². The Morgan fingerprint density at radius 3 is 1.29 bits per heavy atom. The predicted octanol–water partition coefficient (Wildman–Crippen LogP) is -3.87. The fourth-order valence-electron chi connectivity index (χ4n) is 2.70. The number of hydrogen-bond acceptors (Lipinski definition) is 14. The molecule has 0 aromatic heterocycles. The number of rotatable bonds is 10. The van der Waals surface area contributed by atoms with Gasteiger partial charge in [-0.25, -0.2) is 18.0 Å². The Hall–Kier alpha value is -3.01. The van der Waals surface area contributed by atoms with E-state index in [9.17, 15) is 54.0 Å². The monoisotopic (exact) mass is 564 g/mol. The molecule has 2 aliphatic heterocycles. The van der Waals surface area contributed by atoms with Gasteiger partial charge >= 0.3 is 11.9 Å². The molecule has 0 aromatic carbocycles. The highest BCUT2D eigenvalue weighted by Gasteiger charge is 2.49. The van der Waals surface area contributed by atoms with Gasteiger partial charge < -0.3 is 9.68 Å². The van der Waals surface area contributed by atoms with Crippen LogP contribution in [0.4, 0.5) is 0 Å². The Bertz CT molecular complexity index is 1200. The number of carbonyl (C=O) groups is 6. The molecule has 0 bridgehead atoms. The maximum absolute atomic E-state index is 12.0. The molecule has 196 valence electrons. The smallest absolute Gasteiger partial charge is 0.330 e. The van der Waals surface area contributed by atoms with Crippen molar-refractivity contribution in [1.29, 1.82) is 0 Å². The highest BCUT2D eigenvalue weighted by Crippen LogP contribution is 2.21. The van der Waals surface area contributed by atoms with Crippen LogP contribution in [0.25, 0.3) is 0 Å². The molecule has 2 unspecified atom stereocenters. The van der Waals surface area contributed by atoms with E-state index in [-0.39, 0.29) is 10.1 Å². The molecule has 2 rings (SSSR count). The van der Waals surface area contributed by atoms with Crippen molar-refractivity contribution in [1.82, 2.24) is 10.1 Å². The van der Waals surface area contributed by atoms with Crippen LogP contribution in [0.2, 0.25) is 0 Å². The highest BCUT2D eigenvalue weighted by molar-refractivity contribution is 7.91. The van der Waals surface area contributed by atoms with Crippen LogP contribution in [0.3, 0.4) is 0 Å². The van der Waals surface area contributed by atoms with Crippen molar-refractivity contribution < 1.29 is 72.8 Å². The van der Waals surface area contributed by atoms with Crippen molar-refractivity contribution >= 4 is 65.6 Å². The van der Waals surface area contributed by atoms with Gasteiger partial charge in [-0.2, -0.15) is 16.8 Å². The van der Waals surface area contributed by atoms with Crippen molar-refractivity contribution in [3.63, 3.8) is 0 Å². The molecule has 2 fully saturated rings. The molecule has 0 aromatic rings. The quantitative estimate of drug-likeness (QED) is 0.190. The largest absolute Gasteiger partial charge is 0.334 e. The van der Waals surface area contributed by atoms with Crippen LogP contribution in [0, 0.1) is 0 Å². The fraction of sp³-hybridized carbons (Fsp3) is 0.571. The van der Waals surface area contributed by atoms with E-state index in [0.717, 1.165) is 0 Å². The number of amides is 4. The first-order valence-corrected chi connectivity index (χ1v) is 13.9. The van der Waals surface area contributed by atoms with E-state index in [1.165, 1.54) is 0 Å². The number of hydroxylamine groups is 4. The average Bonchev–Trinajstić information content (AvgIpc) is 3.16. The molecule has 18 nitrogen and oxygen atoms in total. The fourth-order valence-corrected chi connectivity index (χ4v) is 5.26. The summed E-state index contributed by atoms with van der Waals surface area (Å²) in [4.78, 5) is 78.9. The van der Waals surface area contributed by atoms with Crippen LogP contribution < -0.4 is 0 Å². The zero-order valence-corrected chi connectivity index (χ0v) is 19.6. The second-order valence-corrected chi connectivity index (χ2v) is 12.5. The Labute approximate surface area is 196 Å². The van der Waals surface area contributed by atoms with Crippen molar-refractivity contribution in [3.8, 4) is 0 Å². The summed E-state index contributed by atoms with van der Waals surface area (Å²) in [6.07, 6.45) is -3.91. The van der Waals surface area contributed by atoms with Gasteiger partial charge in [0.05, 0.1) is 37.2 Å². The molecule has 2 saturated heterocycles. The molecule has 4 amide bonds. The van der Waals surface area contributed by atoms with Gasteiger partial charge in [0.15, 0.2) is 20.3 Å². The minimum absolute atomic E-state index is 0.228. The zero-order chi connectivity index (χ0) is 26.9. The average molecular weight is 564 g/mol. The third-order valence-electron chi connectivity index (χ3n) is 4.46. The molecule has 2 atom stereocenters. The maximum atomic E-state index is 12.0. The molecule has 21 heteroatoms. The number of sulfone groups is 1. The van der Waals surface area contributed by atoms with E-state index in [4.69, 9.17) is 9.11 Å². The van der Waals surface area contributed by atoms with Crippen molar-refractivity contribution in [2.24, 2.45) is 0 Å². The highest BCUT2D eigenvalue weighted by atomic mass is 32.2. The Kier molecular flexibility index (Phi) is 8.01. The van der Waals surface area contributed by atoms with E-state index in [2.05, 4.69) is 9.68 Å². The molecule has 2 N–H and O–H groups in total. The normalized spacial score (nSPS) is 21.5. The molecule has 0 aliphatic carbocycles. The van der Waals surface area contributed by atoms with E-state index >= 15 is 0 Å². The summed E-state index contributed by atoms with van der Waals surface area (Å²) in [6.45, 7) is 0. The minimum Gasteiger partial charge on any atom is -0.330 e. The van der Waals surface area contributed by atoms with Gasteiger partial charge in [0, 0.05) is 0 Å². The standard InChI is InChI=1S/C14H16N2O16S3/c17-9-5-7(34(25,26)27)13(21)15(9)31-11(19)1-3-33(23,24)4-2-12(20)32-16-10(18)6-8(14(16)22)35(28,29)30/h7-8H,1-6H2,(H,25,26,27)(H,28,29,30). The summed E-state index contributed by atoms with van der Waals surface area (Å²) >= 11 is 0. The number of hydrogen-bond donors (Lipinski definition) is 2. The molecule has 2 aliphatic rings. The molecule has 35 heavy (non-hydrogen) atoms. The minimum atomic E-state index is -4.96. The summed E-state index contributed by atoms with van der Waals surface area (Å²) in [5, 5.41) is -4.82. The summed E-state index contributed by atoms with van der Waals surface area (Å²) < 4.78 is 85.9. The molecule has 0 spiro atoms. The van der Waals surface area contributed by atoms with E-state index in [0.29, 0.717) is 0 Å². The summed E-state index contributed by atoms with van der Waals surface area (Å²) in [7, 11) is -14.1. The van der Waals surface area contributed by atoms with Gasteiger partial charge in [-0.1, -0.05) is 0 Å². The molecule has 2 heterocycles. The lowest BCUT2D eigenvalue weighted by atomic mass is 10.4. The van der Waals surface area contributed by atoms with Crippen molar-refractivity contribution in [2.45, 2.75) is 36.2 Å². The van der Waals surface area contributed by atoms with E-state index in [1.54, 1.807) is 0 Å². The van der Waals surface area contributed by atoms with E-state index < -0.39 is 113 Å². The topological polar surface area (TPSA) is 270 Å². The van der Waals surface area contributed by atoms with Gasteiger partial charge in [-0.05, 0) is 0 Å². The second kappa shape index (κ2) is 9.93. The Morgan fingerprint density at radius 1 is 0.714 bits per heavy atom. The molecular weight excluding hydrogens is 548 g/mol. The van der Waals surface area contributed by atoms with Gasteiger partial charge in [0.2, 0.25) is 0 Å². The van der Waals surface area contributed by atoms with Gasteiger partial charge in [-0.15, -0.1) is 10.1 Å². The SMILES string of the molecule is O=C(CCS(=O)(=O)CCC(=O)ON1C(=O)CC(S(=O)(=O)O)C1=O)ON1C(=O)CC(S(=O)(=O)O)C1=O. The van der Waals surface area contributed by atoms with Gasteiger partial charge in [0.25, 0.3) is 43.9 Å². The van der Waals surface area contributed by atoms with Crippen LogP contribution >= 0.6 is 0 Å². The Morgan fingerprint density at radius 2 is 1.03 bits per heavy atom. The van der Waals surface area contributed by atoms with Crippen molar-refractivity contribution in [3.05, 3.63) is 0 Å². The first kappa shape index (κ1) is 28.2. The van der Waals surface area contributed by atoms with Gasteiger partial charge in [-0.3, -0.25) is 28.3 Å². The predicted molar refractivity (Wildman–Crippen MR) is 104 cm³/mol. The number of imide groups is 2. The number of carbonyl (C=O) groups excluding carboxylic acids is 6. The first-order valence-electron chi connectivity index (χ1n) is 9.11. The third kappa shape index (κ3) is 7.00. The van der Waals surface area contributed by atoms with Crippen LogP contribution in [0.1, 0.15) is 25.7 Å². The Balaban J connectivity index is 1.85. The van der Waals surface area contributed by atoms with Gasteiger partial charge in [0.1, 0.15) is 0 Å². The lowest BCUT2D eigenvalue weighted by Crippen LogP contribution is -2.37. The zero-order valence-electron chi connectivity index (χ0n) is 17.1.